The Hall–Kier alpha value is -4.17. The van der Waals surface area contributed by atoms with Crippen LogP contribution in [-0.2, 0) is 14.8 Å². The van der Waals surface area contributed by atoms with E-state index < -0.39 is 22.6 Å². The van der Waals surface area contributed by atoms with Gasteiger partial charge in [0.1, 0.15) is 5.75 Å². The topological polar surface area (TPSA) is 90.0 Å². The monoisotopic (exact) mass is 489 g/mol. The van der Waals surface area contributed by atoms with Crippen molar-refractivity contribution in [3.05, 3.63) is 102 Å². The second-order valence-electron chi connectivity index (χ2n) is 7.73. The minimum absolute atomic E-state index is 0.00491. The minimum Gasteiger partial charge on any atom is -0.495 e. The smallest absolute Gasteiger partial charge is 0.338 e. The number of hydrogen-bond acceptors (Lipinski definition) is 6. The van der Waals surface area contributed by atoms with E-state index in [4.69, 9.17) is 9.47 Å². The highest BCUT2D eigenvalue weighted by Gasteiger charge is 2.24. The lowest BCUT2D eigenvalue weighted by Gasteiger charge is -2.21. The first-order chi connectivity index (χ1) is 16.8. The molecule has 0 saturated heterocycles. The summed E-state index contributed by atoms with van der Waals surface area (Å²) in [6.45, 7) is -0.423. The number of fused-ring (bicyclic) bond motifs is 1. The van der Waals surface area contributed by atoms with E-state index >= 15 is 0 Å². The molecule has 0 heterocycles. The molecule has 4 aromatic carbocycles. The van der Waals surface area contributed by atoms with Crippen LogP contribution in [0.25, 0.3) is 10.8 Å². The number of ether oxygens (including phenoxy) is 2. The number of para-hydroxylation sites is 2. The van der Waals surface area contributed by atoms with Crippen molar-refractivity contribution in [1.29, 1.82) is 0 Å². The summed E-state index contributed by atoms with van der Waals surface area (Å²) < 4.78 is 37.6. The van der Waals surface area contributed by atoms with E-state index in [0.29, 0.717) is 17.0 Å². The van der Waals surface area contributed by atoms with Crippen molar-refractivity contribution in [1.82, 2.24) is 0 Å². The van der Waals surface area contributed by atoms with Gasteiger partial charge in [0, 0.05) is 12.6 Å². The van der Waals surface area contributed by atoms with E-state index in [1.54, 1.807) is 36.4 Å². The average molecular weight is 490 g/mol. The number of esters is 1. The molecule has 178 valence electrons. The van der Waals surface area contributed by atoms with Gasteiger partial charge in [-0.05, 0) is 53.2 Å². The van der Waals surface area contributed by atoms with Crippen molar-refractivity contribution in [3.8, 4) is 5.75 Å². The predicted molar refractivity (Wildman–Crippen MR) is 134 cm³/mol. The number of carbonyl (C=O) groups excluding carboxylic acids is 2. The lowest BCUT2D eigenvalue weighted by molar-refractivity contribution is 0.0474. The second-order valence-corrected chi connectivity index (χ2v) is 9.70. The van der Waals surface area contributed by atoms with Gasteiger partial charge in [-0.15, -0.1) is 0 Å². The summed E-state index contributed by atoms with van der Waals surface area (Å²) in [7, 11) is -1.01. The Morgan fingerprint density at radius 3 is 2.14 bits per heavy atom. The van der Waals surface area contributed by atoms with Crippen molar-refractivity contribution >= 4 is 38.2 Å². The van der Waals surface area contributed by atoms with Crippen LogP contribution in [0.2, 0.25) is 0 Å². The zero-order valence-corrected chi connectivity index (χ0v) is 20.0. The lowest BCUT2D eigenvalue weighted by Crippen LogP contribution is -2.27. The highest BCUT2D eigenvalue weighted by molar-refractivity contribution is 7.92. The fraction of sp³-hybridized carbons (Fsp3) is 0.111. The van der Waals surface area contributed by atoms with Crippen LogP contribution in [0.15, 0.2) is 95.9 Å². The van der Waals surface area contributed by atoms with Crippen LogP contribution in [0, 0.1) is 0 Å². The molecule has 0 aliphatic rings. The highest BCUT2D eigenvalue weighted by Crippen LogP contribution is 2.31. The zero-order valence-electron chi connectivity index (χ0n) is 19.2. The van der Waals surface area contributed by atoms with Gasteiger partial charge in [-0.2, -0.15) is 0 Å². The van der Waals surface area contributed by atoms with Crippen molar-refractivity contribution in [3.63, 3.8) is 0 Å². The molecule has 0 aliphatic carbocycles. The predicted octanol–water partition coefficient (Wildman–Crippen LogP) is 4.71. The first-order valence-electron chi connectivity index (χ1n) is 10.7. The molecule has 0 unspecified atom stereocenters. The standard InChI is InChI=1S/C27H23NO6S/c1-28(24-9-5-6-10-26(24)33-2)35(31,32)23-15-13-20(14-16-23)27(30)34-18-25(29)22-12-11-19-7-3-4-8-21(19)17-22/h3-17H,18H2,1-2H3. The van der Waals surface area contributed by atoms with Gasteiger partial charge in [-0.3, -0.25) is 9.10 Å². The van der Waals surface area contributed by atoms with Gasteiger partial charge >= 0.3 is 5.97 Å². The molecule has 4 rings (SSSR count). The molecule has 0 spiro atoms. The molecule has 0 bridgehead atoms. The molecule has 4 aromatic rings. The summed E-state index contributed by atoms with van der Waals surface area (Å²) in [5.74, 6) is -0.641. The number of anilines is 1. The van der Waals surface area contributed by atoms with E-state index in [1.807, 2.05) is 30.3 Å². The van der Waals surface area contributed by atoms with Gasteiger partial charge in [0.25, 0.3) is 10.0 Å². The fourth-order valence-electron chi connectivity index (χ4n) is 3.60. The van der Waals surface area contributed by atoms with Crippen molar-refractivity contribution in [2.24, 2.45) is 0 Å². The molecule has 0 fully saturated rings. The molecule has 7 nitrogen and oxygen atoms in total. The number of Topliss-reactive ketones (excluding diaryl/α,β-unsaturated/α-hetero) is 1. The van der Waals surface area contributed by atoms with Gasteiger partial charge in [-0.1, -0.05) is 48.5 Å². The Bertz CT molecular complexity index is 1500. The maximum Gasteiger partial charge on any atom is 0.338 e. The van der Waals surface area contributed by atoms with Gasteiger partial charge in [-0.25, -0.2) is 13.2 Å². The maximum atomic E-state index is 13.1. The third-order valence-corrected chi connectivity index (χ3v) is 7.36. The van der Waals surface area contributed by atoms with E-state index in [1.165, 1.54) is 38.4 Å². The minimum atomic E-state index is -3.90. The summed E-state index contributed by atoms with van der Waals surface area (Å²) in [5.41, 5.74) is 0.957. The number of sulfonamides is 1. The normalized spacial score (nSPS) is 11.1. The number of nitrogens with zero attached hydrogens (tertiary/aromatic N) is 1. The SMILES string of the molecule is COc1ccccc1N(C)S(=O)(=O)c1ccc(C(=O)OCC(=O)c2ccc3ccccc3c2)cc1. The molecule has 0 aliphatic heterocycles. The van der Waals surface area contributed by atoms with Gasteiger partial charge in [0.2, 0.25) is 0 Å². The lowest BCUT2D eigenvalue weighted by atomic mass is 10.0. The van der Waals surface area contributed by atoms with Crippen molar-refractivity contribution in [2.45, 2.75) is 4.90 Å². The van der Waals surface area contributed by atoms with E-state index in [-0.39, 0.29) is 16.2 Å². The molecule has 0 radical (unpaired) electrons. The second kappa shape index (κ2) is 9.99. The third-order valence-electron chi connectivity index (χ3n) is 5.58. The zero-order chi connectivity index (χ0) is 25.0. The number of hydrogen-bond donors (Lipinski definition) is 0. The molecular formula is C27H23NO6S. The number of rotatable bonds is 8. The van der Waals surface area contributed by atoms with Crippen LogP contribution >= 0.6 is 0 Å². The Labute approximate surface area is 203 Å². The summed E-state index contributed by atoms with van der Waals surface area (Å²) in [5, 5.41) is 1.92. The Balaban J connectivity index is 1.44. The van der Waals surface area contributed by atoms with E-state index in [9.17, 15) is 18.0 Å². The van der Waals surface area contributed by atoms with Gasteiger partial charge in [0.15, 0.2) is 12.4 Å². The van der Waals surface area contributed by atoms with Crippen LogP contribution in [0.5, 0.6) is 5.75 Å². The largest absolute Gasteiger partial charge is 0.495 e. The van der Waals surface area contributed by atoms with Crippen LogP contribution in [-0.4, -0.2) is 40.9 Å². The Morgan fingerprint density at radius 1 is 0.800 bits per heavy atom. The summed E-state index contributed by atoms with van der Waals surface area (Å²) >= 11 is 0. The number of methoxy groups -OCH3 is 1. The first-order valence-corrected chi connectivity index (χ1v) is 12.2. The summed E-state index contributed by atoms with van der Waals surface area (Å²) in [4.78, 5) is 24.9. The number of ketones is 1. The molecular weight excluding hydrogens is 466 g/mol. The molecule has 0 N–H and O–H groups in total. The van der Waals surface area contributed by atoms with Crippen LogP contribution < -0.4 is 9.04 Å². The molecule has 35 heavy (non-hydrogen) atoms. The van der Waals surface area contributed by atoms with Crippen LogP contribution in [0.4, 0.5) is 5.69 Å². The third kappa shape index (κ3) is 5.02. The van der Waals surface area contributed by atoms with E-state index in [0.717, 1.165) is 15.1 Å². The van der Waals surface area contributed by atoms with Crippen molar-refractivity contribution in [2.75, 3.05) is 25.1 Å². The highest BCUT2D eigenvalue weighted by atomic mass is 32.2. The first kappa shape index (κ1) is 24.0. The fourth-order valence-corrected chi connectivity index (χ4v) is 4.81. The molecule has 8 heteroatoms. The number of carbonyl (C=O) groups is 2. The summed E-state index contributed by atoms with van der Waals surface area (Å²) in [6.07, 6.45) is 0. The molecule has 0 atom stereocenters. The molecule has 0 amide bonds. The number of benzene rings is 4. The summed E-state index contributed by atoms with van der Waals surface area (Å²) in [6, 6.07) is 25.0. The van der Waals surface area contributed by atoms with Crippen LogP contribution in [0.3, 0.4) is 0 Å². The quantitative estimate of drug-likeness (QED) is 0.263. The molecule has 0 aromatic heterocycles. The van der Waals surface area contributed by atoms with Crippen LogP contribution in [0.1, 0.15) is 20.7 Å². The Kier molecular flexibility index (Phi) is 6.84. The van der Waals surface area contributed by atoms with Gasteiger partial charge in [0.05, 0.1) is 23.3 Å². The molecule has 0 saturated carbocycles. The van der Waals surface area contributed by atoms with E-state index in [2.05, 4.69) is 0 Å². The van der Waals surface area contributed by atoms with Crippen molar-refractivity contribution < 1.29 is 27.5 Å². The Morgan fingerprint density at radius 2 is 1.43 bits per heavy atom. The maximum absolute atomic E-state index is 13.1. The van der Waals surface area contributed by atoms with Gasteiger partial charge < -0.3 is 9.47 Å². The average Bonchev–Trinajstić information content (AvgIpc) is 2.90.